The Morgan fingerprint density at radius 2 is 1.94 bits per heavy atom. The minimum absolute atomic E-state index is 0.139. The molecule has 33 heavy (non-hydrogen) atoms. The first-order valence-electron chi connectivity index (χ1n) is 10.6. The van der Waals surface area contributed by atoms with Crippen molar-refractivity contribution in [3.05, 3.63) is 39.1 Å². The lowest BCUT2D eigenvalue weighted by Crippen LogP contribution is -2.20. The van der Waals surface area contributed by atoms with Gasteiger partial charge >= 0.3 is 6.18 Å². The Morgan fingerprint density at radius 1 is 1.27 bits per heavy atom. The second-order valence-corrected chi connectivity index (χ2v) is 9.86. The quantitative estimate of drug-likeness (QED) is 0.335. The van der Waals surface area contributed by atoms with Gasteiger partial charge in [0, 0.05) is 17.9 Å². The molecule has 0 bridgehead atoms. The predicted molar refractivity (Wildman–Crippen MR) is 122 cm³/mol. The van der Waals surface area contributed by atoms with Gasteiger partial charge < -0.3 is 10.6 Å². The van der Waals surface area contributed by atoms with E-state index in [2.05, 4.69) is 15.2 Å². The monoisotopic (exact) mass is 485 g/mol. The highest BCUT2D eigenvalue weighted by Crippen LogP contribution is 2.33. The number of aromatic nitrogens is 2. The molecule has 2 rings (SSSR count). The van der Waals surface area contributed by atoms with Crippen LogP contribution in [0, 0.1) is 5.92 Å². The highest BCUT2D eigenvalue weighted by Gasteiger charge is 2.32. The number of oxime groups is 1. The summed E-state index contributed by atoms with van der Waals surface area (Å²) in [6, 6.07) is 2.57. The maximum atomic E-state index is 13.3. The van der Waals surface area contributed by atoms with E-state index in [0.29, 0.717) is 17.4 Å². The molecule has 0 saturated heterocycles. The molecule has 0 atom stereocenters. The van der Waals surface area contributed by atoms with Crippen LogP contribution >= 0.6 is 11.3 Å². The van der Waals surface area contributed by atoms with E-state index in [1.54, 1.807) is 18.5 Å². The van der Waals surface area contributed by atoms with Crippen molar-refractivity contribution in [1.82, 2.24) is 9.78 Å². The van der Waals surface area contributed by atoms with Crippen LogP contribution in [-0.2, 0) is 18.1 Å². The SMILES string of the molecule is CCCCn1nc(C(C)(C)C)s/c1=N\C(=O)c1cc(C(F)(F)F)ccc1O/N=C(\N)C(C)C. The zero-order valence-electron chi connectivity index (χ0n) is 19.7. The van der Waals surface area contributed by atoms with Crippen molar-refractivity contribution in [3.63, 3.8) is 0 Å². The van der Waals surface area contributed by atoms with Gasteiger partial charge in [0.1, 0.15) is 10.8 Å². The molecule has 0 aliphatic carbocycles. The third-order valence-corrected chi connectivity index (χ3v) is 5.93. The van der Waals surface area contributed by atoms with Crippen molar-refractivity contribution in [2.45, 2.75) is 72.5 Å². The highest BCUT2D eigenvalue weighted by molar-refractivity contribution is 7.09. The fourth-order valence-electron chi connectivity index (χ4n) is 2.46. The average Bonchev–Trinajstić information content (AvgIpc) is 3.12. The fraction of sp³-hybridized carbons (Fsp3) is 0.545. The summed E-state index contributed by atoms with van der Waals surface area (Å²) in [7, 11) is 0. The molecule has 0 aliphatic heterocycles. The largest absolute Gasteiger partial charge is 0.416 e. The van der Waals surface area contributed by atoms with Crippen LogP contribution in [0.5, 0.6) is 5.75 Å². The summed E-state index contributed by atoms with van der Waals surface area (Å²) >= 11 is 1.23. The average molecular weight is 486 g/mol. The van der Waals surface area contributed by atoms with Gasteiger partial charge in [-0.05, 0) is 24.6 Å². The lowest BCUT2D eigenvalue weighted by atomic mass is 9.98. The second-order valence-electron chi connectivity index (χ2n) is 8.90. The second kappa shape index (κ2) is 10.5. The summed E-state index contributed by atoms with van der Waals surface area (Å²) < 4.78 is 41.5. The van der Waals surface area contributed by atoms with Gasteiger partial charge in [-0.15, -0.1) is 0 Å². The Labute approximate surface area is 195 Å². The molecule has 0 aliphatic rings. The molecule has 182 valence electrons. The van der Waals surface area contributed by atoms with E-state index in [1.807, 2.05) is 27.7 Å². The molecule has 2 N–H and O–H groups in total. The molecular weight excluding hydrogens is 455 g/mol. The Bertz CT molecular complexity index is 1080. The normalized spacial score (nSPS) is 13.6. The van der Waals surface area contributed by atoms with Gasteiger partial charge in [0.25, 0.3) is 5.91 Å². The topological polar surface area (TPSA) is 94.9 Å². The Morgan fingerprint density at radius 3 is 2.48 bits per heavy atom. The number of hydrogen-bond donors (Lipinski definition) is 1. The van der Waals surface area contributed by atoms with Crippen molar-refractivity contribution >= 4 is 23.1 Å². The van der Waals surface area contributed by atoms with E-state index in [9.17, 15) is 18.0 Å². The van der Waals surface area contributed by atoms with Gasteiger partial charge in [0.2, 0.25) is 4.80 Å². The van der Waals surface area contributed by atoms with Crippen molar-refractivity contribution in [2.75, 3.05) is 0 Å². The number of rotatable bonds is 7. The summed E-state index contributed by atoms with van der Waals surface area (Å²) in [5.41, 5.74) is 4.12. The number of amides is 1. The van der Waals surface area contributed by atoms with Crippen LogP contribution in [-0.4, -0.2) is 21.5 Å². The van der Waals surface area contributed by atoms with E-state index < -0.39 is 17.6 Å². The third kappa shape index (κ3) is 7.15. The van der Waals surface area contributed by atoms with Crippen molar-refractivity contribution in [3.8, 4) is 5.75 Å². The molecule has 1 heterocycles. The van der Waals surface area contributed by atoms with E-state index in [1.165, 1.54) is 11.3 Å². The maximum Gasteiger partial charge on any atom is 0.416 e. The summed E-state index contributed by atoms with van der Waals surface area (Å²) in [6.45, 7) is 12.1. The van der Waals surface area contributed by atoms with Crippen LogP contribution in [0.3, 0.4) is 0 Å². The number of hydrogen-bond acceptors (Lipinski definition) is 5. The minimum Gasteiger partial charge on any atom is -0.384 e. The van der Waals surface area contributed by atoms with Gasteiger partial charge in [-0.2, -0.15) is 23.3 Å². The molecule has 1 amide bonds. The van der Waals surface area contributed by atoms with Crippen LogP contribution in [0.25, 0.3) is 0 Å². The lowest BCUT2D eigenvalue weighted by Gasteiger charge is -2.12. The first kappa shape index (κ1) is 26.6. The standard InChI is InChI=1S/C22H30F3N5O2S/c1-7-8-11-30-20(33-19(28-30)21(4,5)6)27-18(31)15-12-14(22(23,24)25)9-10-16(15)32-29-17(26)13(2)3/h9-10,12-13H,7-8,11H2,1-6H3,(H2,26,29)/b27-20-. The van der Waals surface area contributed by atoms with Gasteiger partial charge in [-0.25, -0.2) is 4.68 Å². The van der Waals surface area contributed by atoms with Crippen molar-refractivity contribution < 1.29 is 22.8 Å². The molecule has 7 nitrogen and oxygen atoms in total. The molecule has 0 saturated carbocycles. The number of nitrogens with zero attached hydrogens (tertiary/aromatic N) is 4. The molecular formula is C22H30F3N5O2S. The number of alkyl halides is 3. The molecule has 1 aromatic heterocycles. The first-order chi connectivity index (χ1) is 15.2. The molecule has 11 heteroatoms. The summed E-state index contributed by atoms with van der Waals surface area (Å²) in [6.07, 6.45) is -2.92. The molecule has 0 radical (unpaired) electrons. The molecule has 2 aromatic rings. The molecule has 0 fully saturated rings. The van der Waals surface area contributed by atoms with Gasteiger partial charge in [-0.1, -0.05) is 64.5 Å². The van der Waals surface area contributed by atoms with E-state index in [-0.39, 0.29) is 28.5 Å². The smallest absolute Gasteiger partial charge is 0.384 e. The number of unbranched alkanes of at least 4 members (excludes halogenated alkanes) is 1. The lowest BCUT2D eigenvalue weighted by molar-refractivity contribution is -0.137. The van der Waals surface area contributed by atoms with E-state index in [4.69, 9.17) is 10.6 Å². The number of halogens is 3. The first-order valence-corrected chi connectivity index (χ1v) is 11.4. The van der Waals surface area contributed by atoms with E-state index >= 15 is 0 Å². The zero-order valence-corrected chi connectivity index (χ0v) is 20.5. The minimum atomic E-state index is -4.64. The highest BCUT2D eigenvalue weighted by atomic mass is 32.1. The fourth-order valence-corrected chi connectivity index (χ4v) is 3.44. The number of benzene rings is 1. The number of carbonyl (C=O) groups is 1. The third-order valence-electron chi connectivity index (χ3n) is 4.56. The number of amidine groups is 1. The van der Waals surface area contributed by atoms with Crippen LogP contribution in [0.2, 0.25) is 0 Å². The Balaban J connectivity index is 2.60. The summed E-state index contributed by atoms with van der Waals surface area (Å²) in [5, 5.41) is 9.06. The van der Waals surface area contributed by atoms with Gasteiger partial charge in [-0.3, -0.25) is 4.79 Å². The van der Waals surface area contributed by atoms with Crippen LogP contribution in [0.1, 0.15) is 75.3 Å². The number of carbonyl (C=O) groups excluding carboxylic acids is 1. The zero-order chi connectivity index (χ0) is 25.0. The maximum absolute atomic E-state index is 13.3. The van der Waals surface area contributed by atoms with Crippen LogP contribution in [0.15, 0.2) is 28.3 Å². The van der Waals surface area contributed by atoms with Crippen molar-refractivity contribution in [2.24, 2.45) is 21.8 Å². The van der Waals surface area contributed by atoms with Crippen LogP contribution in [0.4, 0.5) is 13.2 Å². The number of aryl methyl sites for hydroxylation is 1. The molecule has 0 unspecified atom stereocenters. The Kier molecular flexibility index (Phi) is 8.45. The van der Waals surface area contributed by atoms with Crippen molar-refractivity contribution in [1.29, 1.82) is 0 Å². The molecule has 1 aromatic carbocycles. The number of nitrogens with two attached hydrogens (primary N) is 1. The van der Waals surface area contributed by atoms with E-state index in [0.717, 1.165) is 30.0 Å². The Hall–Kier alpha value is -2.69. The molecule has 0 spiro atoms. The summed E-state index contributed by atoms with van der Waals surface area (Å²) in [4.78, 5) is 22.7. The predicted octanol–water partition coefficient (Wildman–Crippen LogP) is 5.11. The summed E-state index contributed by atoms with van der Waals surface area (Å²) in [5.74, 6) is -1.06. The van der Waals surface area contributed by atoms with Gasteiger partial charge in [0.15, 0.2) is 5.75 Å². The van der Waals surface area contributed by atoms with Crippen LogP contribution < -0.4 is 15.4 Å². The van der Waals surface area contributed by atoms with Gasteiger partial charge in [0.05, 0.1) is 11.1 Å².